The first-order chi connectivity index (χ1) is 68.3. The van der Waals surface area contributed by atoms with Gasteiger partial charge in [0.15, 0.2) is 0 Å². The number of anilines is 3. The molecule has 0 spiro atoms. The molecular formula is C107H142F9N21O3S4. The van der Waals surface area contributed by atoms with Crippen molar-refractivity contribution in [1.82, 2.24) is 82.2 Å². The number of sulfonamides is 1. The monoisotopic (exact) mass is 2070 g/mol. The average molecular weight is 2070 g/mol. The largest absolute Gasteiger partial charge is 0.393 e. The number of piperazine rings is 1. The molecule has 1 amide bonds. The van der Waals surface area contributed by atoms with E-state index < -0.39 is 47.8 Å². The number of fused-ring (bicyclic) bond motifs is 6. The summed E-state index contributed by atoms with van der Waals surface area (Å²) in [7, 11) is 0.536. The van der Waals surface area contributed by atoms with Crippen molar-refractivity contribution < 1.29 is 52.7 Å². The van der Waals surface area contributed by atoms with Gasteiger partial charge in [-0.05, 0) is 260 Å². The third-order valence-corrected chi connectivity index (χ3v) is 35.4. The number of aryl methyl sites for hydroxylation is 9. The van der Waals surface area contributed by atoms with E-state index in [0.717, 1.165) is 216 Å². The van der Waals surface area contributed by atoms with E-state index in [1.54, 1.807) is 34.3 Å². The molecule has 3 atom stereocenters. The van der Waals surface area contributed by atoms with Crippen LogP contribution in [-0.2, 0) is 86.2 Å². The van der Waals surface area contributed by atoms with Gasteiger partial charge in [0.1, 0.15) is 49.4 Å². The van der Waals surface area contributed by atoms with Gasteiger partial charge in [0.25, 0.3) is 0 Å². The second kappa shape index (κ2) is 45.1. The summed E-state index contributed by atoms with van der Waals surface area (Å²) in [6.07, 6.45) is -2.80. The second-order valence-corrected chi connectivity index (χ2v) is 47.3. The van der Waals surface area contributed by atoms with Crippen LogP contribution in [0.3, 0.4) is 0 Å². The van der Waals surface area contributed by atoms with Crippen molar-refractivity contribution in [2.45, 2.75) is 287 Å². The lowest BCUT2D eigenvalue weighted by atomic mass is 9.81. The van der Waals surface area contributed by atoms with Gasteiger partial charge in [-0.1, -0.05) is 32.0 Å². The van der Waals surface area contributed by atoms with Crippen LogP contribution < -0.4 is 16.0 Å². The van der Waals surface area contributed by atoms with Crippen LogP contribution in [0.4, 0.5) is 57.0 Å². The van der Waals surface area contributed by atoms with Crippen LogP contribution in [0.25, 0.3) is 63.4 Å². The van der Waals surface area contributed by atoms with E-state index in [9.17, 15) is 58.0 Å². The molecule has 0 aliphatic carbocycles. The van der Waals surface area contributed by atoms with Crippen LogP contribution in [0, 0.1) is 71.1 Å². The topological polar surface area (TPSA) is 229 Å². The first kappa shape index (κ1) is 108. The Bertz CT molecular complexity index is 6680. The molecule has 0 bridgehead atoms. The number of piperidine rings is 5. The summed E-state index contributed by atoms with van der Waals surface area (Å²) in [5, 5.41) is 26.2. The highest BCUT2D eigenvalue weighted by atomic mass is 32.2. The number of carbonyl (C=O) groups is 1. The predicted molar refractivity (Wildman–Crippen MR) is 564 cm³/mol. The van der Waals surface area contributed by atoms with E-state index >= 15 is 0 Å². The van der Waals surface area contributed by atoms with Crippen LogP contribution in [-0.4, -0.2) is 263 Å². The summed E-state index contributed by atoms with van der Waals surface area (Å²) in [6, 6.07) is 29.6. The number of carbonyl (C=O) groups excluding carboxylic acids is 1. The van der Waals surface area contributed by atoms with Gasteiger partial charge in [-0.15, -0.1) is 34.0 Å². The standard InChI is InChI=1S/C38H52F3N7OS.C36H46F3N7S.C33H44F3N7O2S2/c1-7-34-43-36(32-20-30(21-38(39,40)41)50-37(32)44-34)42-29-12-14-46(15-13-29)23-28-8-9-33-31(26(28)4)18-24(2)48(33)22-25(3)47-16-10-27(11-17-47)19-35(49)45(5)6;1-6-32-42-33(30-18-28(19-36(37,38)39)47-34(30)43-32)41-27-9-13-44(14-10-27)21-26-7-8-31-29(25(26)4)17-23(2)46(31)20-24(3)45-15-11-35(5,22-40)12-16-45;1-21-16-28-23(3)25(6-7-30(28)43(21)19-22(2)41-12-14-42(15-13-41)47(5,44)45)20-40-10-8-26(9-11-40)39-31-29-17-27(18-33(34,35)36)46-32(29)38-24(4)37-31/h8-9,18,20,25,27,29H,7,10-17,19,21-23H2,1-6H3,(H,42,43,44);7-8,17-18,24,27H,6,9-16,19-21H2,1-5H3,(H,41,42,43);6-7,16-17,22,26H,8-15,18-20H2,1-5H3,(H,37,38,39)/t25-;24-;22-/m001/s1. The molecule has 24 nitrogen and oxygen atoms in total. The number of rotatable bonds is 29. The zero-order valence-electron chi connectivity index (χ0n) is 86.2. The van der Waals surface area contributed by atoms with Crippen molar-refractivity contribution in [1.29, 1.82) is 5.26 Å². The van der Waals surface area contributed by atoms with Crippen LogP contribution >= 0.6 is 34.0 Å². The Morgan fingerprint density at radius 2 is 0.785 bits per heavy atom. The Balaban J connectivity index is 0.000000155. The van der Waals surface area contributed by atoms with Gasteiger partial charge >= 0.3 is 18.5 Å². The highest BCUT2D eigenvalue weighted by Crippen LogP contribution is 2.42. The van der Waals surface area contributed by atoms with Gasteiger partial charge in [-0.2, -0.15) is 49.1 Å². The summed E-state index contributed by atoms with van der Waals surface area (Å²) in [6.45, 7) is 45.4. The van der Waals surface area contributed by atoms with Crippen molar-refractivity contribution in [3.63, 3.8) is 0 Å². The number of hydrogen-bond donors (Lipinski definition) is 3. The Kier molecular flexibility index (Phi) is 33.7. The number of amides is 1. The zero-order valence-corrected chi connectivity index (χ0v) is 89.5. The summed E-state index contributed by atoms with van der Waals surface area (Å²) >= 11 is 3.31. The number of nitriles is 1. The van der Waals surface area contributed by atoms with E-state index in [1.165, 1.54) is 89.4 Å². The van der Waals surface area contributed by atoms with Crippen LogP contribution in [0.15, 0.2) is 72.8 Å². The van der Waals surface area contributed by atoms with Crippen LogP contribution in [0.1, 0.15) is 195 Å². The van der Waals surface area contributed by atoms with E-state index in [1.807, 2.05) is 27.9 Å². The molecule has 6 aliphatic heterocycles. The molecule has 0 radical (unpaired) electrons. The molecule has 3 aromatic carbocycles. The van der Waals surface area contributed by atoms with Crippen molar-refractivity contribution in [2.24, 2.45) is 11.3 Å². The Morgan fingerprint density at radius 3 is 1.10 bits per heavy atom. The second-order valence-electron chi connectivity index (χ2n) is 42.0. The maximum atomic E-state index is 13.1. The quantitative estimate of drug-likeness (QED) is 0.0370. The Morgan fingerprint density at radius 1 is 0.458 bits per heavy atom. The number of nitrogens with zero attached hydrogens (tertiary/aromatic N) is 18. The van der Waals surface area contributed by atoms with Gasteiger partial charge in [0, 0.05) is 239 Å². The lowest BCUT2D eigenvalue weighted by molar-refractivity contribution is -0.130. The molecule has 12 aromatic rings. The van der Waals surface area contributed by atoms with Gasteiger partial charge in [0.2, 0.25) is 15.9 Å². The number of thiophene rings is 3. The molecule has 144 heavy (non-hydrogen) atoms. The van der Waals surface area contributed by atoms with E-state index in [-0.39, 0.29) is 50.1 Å². The highest BCUT2D eigenvalue weighted by molar-refractivity contribution is 7.88. The smallest absolute Gasteiger partial charge is 0.367 e. The minimum atomic E-state index is -4.26. The number of halogens is 9. The van der Waals surface area contributed by atoms with Gasteiger partial charge in [0.05, 0.1) is 53.2 Å². The van der Waals surface area contributed by atoms with Crippen molar-refractivity contribution in [3.05, 3.63) is 155 Å². The lowest BCUT2D eigenvalue weighted by Gasteiger charge is -2.38. The first-order valence-corrected chi connectivity index (χ1v) is 55.6. The maximum Gasteiger partial charge on any atom is 0.393 e. The molecule has 0 unspecified atom stereocenters. The number of likely N-dealkylation sites (tertiary alicyclic amines) is 5. The first-order valence-electron chi connectivity index (χ1n) is 51.3. The summed E-state index contributed by atoms with van der Waals surface area (Å²) in [4.78, 5) is 58.9. The molecule has 0 saturated carbocycles. The van der Waals surface area contributed by atoms with Gasteiger partial charge in [-0.25, -0.2) is 38.3 Å². The SMILES string of the molecule is CCc1nc(NC2CCN(Cc3ccc4c(cc(C)n4C[C@H](C)N4CCC(C)(C#N)CC4)c3C)CC2)c2cc(CC(F)(F)F)sc2n1.CCc1nc(NC2CCN(Cc3ccc4c(cc(C)n4C[C@H](C)N4CCC(CC(=O)N(C)C)CC4)c3C)CC2)c2cc(CC(F)(F)F)sc2n1.Cc1nc(NC2CCN(Cc3ccc4c(cc(C)n4C[C@@H](C)N4CCN(S(C)(=O)=O)CC4)c3C)CC2)c2cc(CC(F)(F)F)sc2n1. The molecular weight excluding hydrogens is 1930 g/mol. The molecule has 3 N–H and O–H groups in total. The Hall–Kier alpha value is -9.20. The molecule has 6 saturated heterocycles. The Labute approximate surface area is 853 Å². The van der Waals surface area contributed by atoms with Crippen molar-refractivity contribution >= 4 is 131 Å². The predicted octanol–water partition coefficient (Wildman–Crippen LogP) is 21.3. The third-order valence-electron chi connectivity index (χ3n) is 31.0. The fourth-order valence-electron chi connectivity index (χ4n) is 22.0. The van der Waals surface area contributed by atoms with E-state index in [4.69, 9.17) is 4.98 Å². The minimum absolute atomic E-state index is 0.186. The molecule has 9 aromatic heterocycles. The summed E-state index contributed by atoms with van der Waals surface area (Å²) in [5.74, 6) is 4.51. The summed E-state index contributed by atoms with van der Waals surface area (Å²) < 4.78 is 150. The molecule has 6 aliphatic rings. The van der Waals surface area contributed by atoms with Gasteiger partial charge in [-0.3, -0.25) is 34.2 Å². The summed E-state index contributed by atoms with van der Waals surface area (Å²) in [5.41, 5.74) is 15.4. The molecule has 780 valence electrons. The number of nitrogens with one attached hydrogen (secondary N) is 3. The van der Waals surface area contributed by atoms with E-state index in [2.05, 4.69) is 214 Å². The van der Waals surface area contributed by atoms with Gasteiger partial charge < -0.3 is 34.6 Å². The number of aromatic nitrogens is 9. The molecule has 37 heteroatoms. The molecule has 15 heterocycles. The van der Waals surface area contributed by atoms with Crippen molar-refractivity contribution in [2.75, 3.05) is 128 Å². The average Bonchev–Trinajstić information content (AvgIpc) is 1.68. The zero-order chi connectivity index (χ0) is 103. The number of hydrogen-bond acceptors (Lipinski definition) is 22. The van der Waals surface area contributed by atoms with E-state index in [0.29, 0.717) is 116 Å². The van der Waals surface area contributed by atoms with Crippen LogP contribution in [0.5, 0.6) is 0 Å². The van der Waals surface area contributed by atoms with Crippen LogP contribution in [0.2, 0.25) is 0 Å². The number of alkyl halides is 9. The lowest BCUT2D eigenvalue weighted by Crippen LogP contribution is -2.51. The minimum Gasteiger partial charge on any atom is -0.367 e. The molecule has 6 fully saturated rings. The maximum absolute atomic E-state index is 13.1. The molecule has 18 rings (SSSR count). The van der Waals surface area contributed by atoms with Crippen molar-refractivity contribution in [3.8, 4) is 6.07 Å². The fourth-order valence-corrected chi connectivity index (χ4v) is 26.1. The fraction of sp³-hybridized carbons (Fsp3) is 0.589. The highest BCUT2D eigenvalue weighted by Gasteiger charge is 2.38. The normalized spacial score (nSPS) is 18.6. The third kappa shape index (κ3) is 26.4. The number of benzene rings is 3.